The van der Waals surface area contributed by atoms with Gasteiger partial charge in [0.2, 0.25) is 0 Å². The lowest BCUT2D eigenvalue weighted by atomic mass is 9.82. The first-order chi connectivity index (χ1) is 25.0. The van der Waals surface area contributed by atoms with Crippen LogP contribution in [0.4, 0.5) is 0 Å². The Hall–Kier alpha value is -6.59. The normalized spacial score (nSPS) is 13.4. The Balaban J connectivity index is 1.07. The highest BCUT2D eigenvalue weighted by Crippen LogP contribution is 2.58. The molecule has 0 unspecified atom stereocenters. The van der Waals surface area contributed by atoms with E-state index in [2.05, 4.69) is 105 Å². The molecule has 0 atom stereocenters. The molecule has 0 bridgehead atoms. The van der Waals surface area contributed by atoms with Crippen molar-refractivity contribution in [3.05, 3.63) is 163 Å². The van der Waals surface area contributed by atoms with Crippen molar-refractivity contribution in [3.8, 4) is 79.4 Å². The maximum atomic E-state index is 6.68. The number of benzene rings is 7. The fourth-order valence-corrected chi connectivity index (χ4v) is 7.59. The van der Waals surface area contributed by atoms with Gasteiger partial charge in [-0.15, -0.1) is 0 Å². The summed E-state index contributed by atoms with van der Waals surface area (Å²) in [6.07, 6.45) is 0. The summed E-state index contributed by atoms with van der Waals surface area (Å²) in [4.78, 5) is 15.1. The van der Waals surface area contributed by atoms with Crippen LogP contribution in [0.1, 0.15) is 25.0 Å². The van der Waals surface area contributed by atoms with Gasteiger partial charge >= 0.3 is 0 Å². The molecule has 10 rings (SSSR count). The van der Waals surface area contributed by atoms with Gasteiger partial charge in [-0.2, -0.15) is 0 Å². The summed E-state index contributed by atoms with van der Waals surface area (Å²) >= 11 is 0. The Bertz CT molecular complexity index is 2680. The third kappa shape index (κ3) is 4.73. The Morgan fingerprint density at radius 1 is 0.412 bits per heavy atom. The first kappa shape index (κ1) is 29.3. The number of aromatic nitrogens is 3. The largest absolute Gasteiger partial charge is 0.449 e. The lowest BCUT2D eigenvalue weighted by Crippen LogP contribution is -2.15. The number of hydrogen-bond donors (Lipinski definition) is 0. The van der Waals surface area contributed by atoms with Gasteiger partial charge < -0.3 is 9.47 Å². The second-order valence-corrected chi connectivity index (χ2v) is 13.6. The summed E-state index contributed by atoms with van der Waals surface area (Å²) in [6, 6.07) is 51.9. The molecule has 5 nitrogen and oxygen atoms in total. The van der Waals surface area contributed by atoms with Crippen molar-refractivity contribution in [1.82, 2.24) is 15.0 Å². The number of ether oxygens (including phenoxy) is 2. The standard InChI is InChI=1S/C46H31N3O2/c1-46(2)36-19-11-10-18-35(36)41-37(46)23-25-39-42(41)51-38-24-22-31(27-40(38)50-39)33-16-8-9-17-34(33)45-48-43(29-13-4-3-5-14-29)47-44(49-45)32-21-20-28-12-6-7-15-30(28)26-32/h3-27H,1-2H3. The molecular formula is C46H31N3O2. The van der Waals surface area contributed by atoms with Crippen LogP contribution in [0.25, 0.3) is 67.2 Å². The zero-order valence-corrected chi connectivity index (χ0v) is 28.1. The zero-order valence-electron chi connectivity index (χ0n) is 28.1. The molecule has 2 heterocycles. The quantitative estimate of drug-likeness (QED) is 0.188. The van der Waals surface area contributed by atoms with Crippen LogP contribution < -0.4 is 9.47 Å². The van der Waals surface area contributed by atoms with Crippen LogP contribution in [-0.4, -0.2) is 15.0 Å². The predicted molar refractivity (Wildman–Crippen MR) is 203 cm³/mol. The predicted octanol–water partition coefficient (Wildman–Crippen LogP) is 11.9. The highest BCUT2D eigenvalue weighted by molar-refractivity contribution is 5.89. The van der Waals surface area contributed by atoms with Crippen molar-refractivity contribution in [2.24, 2.45) is 0 Å². The van der Waals surface area contributed by atoms with E-state index in [-0.39, 0.29) is 5.41 Å². The third-order valence-corrected chi connectivity index (χ3v) is 10.2. The van der Waals surface area contributed by atoms with Gasteiger partial charge in [-0.05, 0) is 62.9 Å². The van der Waals surface area contributed by atoms with E-state index in [1.807, 2.05) is 60.7 Å². The van der Waals surface area contributed by atoms with E-state index in [0.29, 0.717) is 34.7 Å². The lowest BCUT2D eigenvalue weighted by Gasteiger charge is -2.25. The summed E-state index contributed by atoms with van der Waals surface area (Å²) in [5.74, 6) is 4.67. The summed E-state index contributed by atoms with van der Waals surface area (Å²) < 4.78 is 13.3. The average Bonchev–Trinajstić information content (AvgIpc) is 3.43. The molecule has 0 spiro atoms. The van der Waals surface area contributed by atoms with Crippen molar-refractivity contribution < 1.29 is 9.47 Å². The molecule has 5 heteroatoms. The van der Waals surface area contributed by atoms with Crippen molar-refractivity contribution in [3.63, 3.8) is 0 Å². The van der Waals surface area contributed by atoms with Gasteiger partial charge in [0.05, 0.1) is 0 Å². The molecule has 242 valence electrons. The van der Waals surface area contributed by atoms with Crippen molar-refractivity contribution >= 4 is 10.8 Å². The Morgan fingerprint density at radius 2 is 1.06 bits per heavy atom. The van der Waals surface area contributed by atoms with E-state index in [9.17, 15) is 0 Å². The highest BCUT2D eigenvalue weighted by Gasteiger charge is 2.39. The van der Waals surface area contributed by atoms with Gasteiger partial charge in [0.15, 0.2) is 40.5 Å². The maximum Gasteiger partial charge on any atom is 0.178 e. The minimum absolute atomic E-state index is 0.123. The molecular weight excluding hydrogens is 627 g/mol. The molecule has 2 aliphatic rings. The molecule has 1 aromatic heterocycles. The van der Waals surface area contributed by atoms with Gasteiger partial charge in [-0.1, -0.05) is 141 Å². The Morgan fingerprint density at radius 3 is 1.90 bits per heavy atom. The molecule has 1 aliphatic carbocycles. The first-order valence-electron chi connectivity index (χ1n) is 17.2. The van der Waals surface area contributed by atoms with Crippen LogP contribution in [-0.2, 0) is 5.41 Å². The minimum Gasteiger partial charge on any atom is -0.449 e. The monoisotopic (exact) mass is 657 g/mol. The maximum absolute atomic E-state index is 6.68. The molecule has 0 fully saturated rings. The smallest absolute Gasteiger partial charge is 0.178 e. The van der Waals surface area contributed by atoms with Crippen molar-refractivity contribution in [1.29, 1.82) is 0 Å². The topological polar surface area (TPSA) is 57.1 Å². The van der Waals surface area contributed by atoms with Crippen LogP contribution >= 0.6 is 0 Å². The van der Waals surface area contributed by atoms with Crippen LogP contribution in [0.15, 0.2) is 152 Å². The van der Waals surface area contributed by atoms with Crippen LogP contribution in [0.3, 0.4) is 0 Å². The molecule has 0 radical (unpaired) electrons. The van der Waals surface area contributed by atoms with Crippen LogP contribution in [0.5, 0.6) is 23.0 Å². The molecule has 0 N–H and O–H groups in total. The van der Waals surface area contributed by atoms with E-state index in [1.54, 1.807) is 0 Å². The molecule has 0 amide bonds. The highest BCUT2D eigenvalue weighted by atomic mass is 16.6. The van der Waals surface area contributed by atoms with E-state index in [4.69, 9.17) is 24.4 Å². The van der Waals surface area contributed by atoms with Gasteiger partial charge in [0.1, 0.15) is 0 Å². The van der Waals surface area contributed by atoms with Crippen LogP contribution in [0, 0.1) is 0 Å². The number of rotatable bonds is 4. The minimum atomic E-state index is -0.123. The lowest BCUT2D eigenvalue weighted by molar-refractivity contribution is 0.360. The average molecular weight is 658 g/mol. The summed E-state index contributed by atoms with van der Waals surface area (Å²) in [6.45, 7) is 4.54. The Labute approximate surface area is 295 Å². The third-order valence-electron chi connectivity index (χ3n) is 10.2. The number of nitrogens with zero attached hydrogens (tertiary/aromatic N) is 3. The molecule has 0 saturated heterocycles. The summed E-state index contributed by atoms with van der Waals surface area (Å²) in [5.41, 5.74) is 9.43. The zero-order chi connectivity index (χ0) is 34.1. The molecule has 7 aromatic carbocycles. The van der Waals surface area contributed by atoms with Gasteiger partial charge in [0.25, 0.3) is 0 Å². The second-order valence-electron chi connectivity index (χ2n) is 13.6. The number of fused-ring (bicyclic) bond motifs is 7. The van der Waals surface area contributed by atoms with E-state index in [0.717, 1.165) is 44.5 Å². The van der Waals surface area contributed by atoms with Gasteiger partial charge in [-0.25, -0.2) is 15.0 Å². The van der Waals surface area contributed by atoms with Crippen molar-refractivity contribution in [2.45, 2.75) is 19.3 Å². The molecule has 1 aliphatic heterocycles. The molecule has 0 saturated carbocycles. The summed E-state index contributed by atoms with van der Waals surface area (Å²) in [5, 5.41) is 2.30. The fraction of sp³-hybridized carbons (Fsp3) is 0.0652. The van der Waals surface area contributed by atoms with Gasteiger partial charge in [0, 0.05) is 27.7 Å². The van der Waals surface area contributed by atoms with E-state index >= 15 is 0 Å². The van der Waals surface area contributed by atoms with E-state index in [1.165, 1.54) is 22.1 Å². The van der Waals surface area contributed by atoms with Crippen molar-refractivity contribution in [2.75, 3.05) is 0 Å². The molecule has 8 aromatic rings. The second kappa shape index (κ2) is 11.2. The SMILES string of the molecule is CC1(C)c2ccccc2-c2c1ccc1c2Oc2ccc(-c3ccccc3-c3nc(-c4ccccc4)nc(-c4ccc5ccccc5c4)n3)cc2O1. The Kier molecular flexibility index (Phi) is 6.46. The van der Waals surface area contributed by atoms with E-state index < -0.39 is 0 Å². The number of hydrogen-bond acceptors (Lipinski definition) is 5. The van der Waals surface area contributed by atoms with Crippen LogP contribution in [0.2, 0.25) is 0 Å². The first-order valence-corrected chi connectivity index (χ1v) is 17.2. The summed E-state index contributed by atoms with van der Waals surface area (Å²) in [7, 11) is 0. The molecule has 51 heavy (non-hydrogen) atoms. The van der Waals surface area contributed by atoms with Gasteiger partial charge in [-0.3, -0.25) is 0 Å². The fourth-order valence-electron chi connectivity index (χ4n) is 7.59.